The number of carboxylic acids is 1. The Kier molecular flexibility index (Phi) is 36.6. The van der Waals surface area contributed by atoms with E-state index in [0.717, 1.165) is 88.9 Å². The predicted octanol–water partition coefficient (Wildman–Crippen LogP) is 18.3. The first-order valence-corrected chi connectivity index (χ1v) is 45.8. The number of nitrogens with zero attached hydrogens (tertiary/aromatic N) is 10. The predicted molar refractivity (Wildman–Crippen MR) is 530 cm³/mol. The van der Waals surface area contributed by atoms with Gasteiger partial charge in [-0.05, 0) is 202 Å². The molecule has 3 fully saturated rings. The molecule has 0 aliphatic carbocycles. The number of aromatic nitrogens is 4. The molecule has 8 aromatic carbocycles. The molecular formula is C110H100B2ClF9N10O10. The molecule has 3 aliphatic rings. The summed E-state index contributed by atoms with van der Waals surface area (Å²) in [5.74, 6) is 21.5. The molecule has 142 heavy (non-hydrogen) atoms. The molecule has 7 heterocycles. The largest absolute Gasteiger partial charge is 0.478 e. The van der Waals surface area contributed by atoms with Crippen LogP contribution in [0.1, 0.15) is 173 Å². The van der Waals surface area contributed by atoms with Crippen molar-refractivity contribution in [3.63, 3.8) is 0 Å². The molecule has 3 aliphatic heterocycles. The fourth-order valence-corrected chi connectivity index (χ4v) is 15.8. The number of hydrogen-bond acceptors (Lipinski definition) is 19. The molecule has 0 radical (unpaired) electrons. The molecule has 20 nitrogen and oxygen atoms in total. The van der Waals surface area contributed by atoms with Gasteiger partial charge in [0.25, 0.3) is 0 Å². The van der Waals surface area contributed by atoms with Crippen LogP contribution in [0.15, 0.2) is 238 Å². The molecule has 0 saturated carbocycles. The average molecular weight is 1950 g/mol. The number of hydrogen-bond donors (Lipinski definition) is 3. The molecule has 4 aromatic heterocycles. The highest BCUT2D eigenvalue weighted by molar-refractivity contribution is 6.45. The molecule has 726 valence electrons. The normalized spacial score (nSPS) is 13.4. The van der Waals surface area contributed by atoms with Gasteiger partial charge in [-0.2, -0.15) is 39.5 Å². The number of benzene rings is 8. The lowest BCUT2D eigenvalue weighted by Gasteiger charge is -2.37. The molecule has 3 N–H and O–H groups in total. The number of halogens is 10. The number of methoxy groups -OCH3 is 1. The van der Waals surface area contributed by atoms with Gasteiger partial charge in [-0.3, -0.25) is 44.0 Å². The van der Waals surface area contributed by atoms with Gasteiger partial charge in [0, 0.05) is 243 Å². The first kappa shape index (κ1) is 106. The molecule has 0 atom stereocenters. The number of aryl methyl sites for hydroxylation is 4. The number of carbonyl (C=O) groups excluding carboxylic acids is 5. The van der Waals surface area contributed by atoms with Gasteiger partial charge in [-0.25, -0.2) is 9.59 Å². The Labute approximate surface area is 824 Å². The summed E-state index contributed by atoms with van der Waals surface area (Å²) in [4.78, 5) is 102. The van der Waals surface area contributed by atoms with E-state index in [1.807, 2.05) is 81.2 Å². The summed E-state index contributed by atoms with van der Waals surface area (Å²) >= 11 is 5.88. The number of likely N-dealkylation sites (N-methyl/N-ethyl adjacent to an activating group) is 1. The summed E-state index contributed by atoms with van der Waals surface area (Å²) in [6.07, 6.45) is -1.62. The Morgan fingerprint density at radius 3 is 1.07 bits per heavy atom. The molecule has 0 spiro atoms. The lowest BCUT2D eigenvalue weighted by Crippen LogP contribution is -2.51. The van der Waals surface area contributed by atoms with Crippen molar-refractivity contribution in [3.05, 3.63) is 387 Å². The Bertz CT molecular complexity index is 6860. The van der Waals surface area contributed by atoms with Crippen molar-refractivity contribution in [2.75, 3.05) is 102 Å². The second-order valence-corrected chi connectivity index (χ2v) is 34.9. The number of alkyl halides is 9. The van der Waals surface area contributed by atoms with Crippen LogP contribution in [0.25, 0.3) is 0 Å². The molecule has 0 unspecified atom stereocenters. The zero-order valence-corrected chi connectivity index (χ0v) is 79.9. The van der Waals surface area contributed by atoms with E-state index in [-0.39, 0.29) is 88.1 Å². The van der Waals surface area contributed by atoms with Crippen molar-refractivity contribution >= 4 is 72.1 Å². The number of piperazine rings is 3. The summed E-state index contributed by atoms with van der Waals surface area (Å²) in [5.41, 5.74) is 10.6. The summed E-state index contributed by atoms with van der Waals surface area (Å²) < 4.78 is 131. The number of rotatable bonds is 20. The van der Waals surface area contributed by atoms with E-state index in [2.05, 4.69) is 72.2 Å². The van der Waals surface area contributed by atoms with Crippen LogP contribution in [-0.2, 0) is 55.5 Å². The lowest BCUT2D eigenvalue weighted by atomic mass is 9.84. The van der Waals surface area contributed by atoms with Crippen LogP contribution in [-0.4, -0.2) is 196 Å². The molecule has 0 amide bonds. The fraction of sp³-hybridized carbons (Fsp3) is 0.255. The monoisotopic (exact) mass is 1950 g/mol. The first-order valence-electron chi connectivity index (χ1n) is 45.4. The first-order chi connectivity index (χ1) is 67.7. The number of carboxylic acid groups (broad SMARTS) is 1. The minimum Gasteiger partial charge on any atom is -0.478 e. The number of pyridine rings is 4. The Balaban J connectivity index is 0.000000171. The topological polar surface area (TPSA) is 243 Å². The van der Waals surface area contributed by atoms with Crippen LogP contribution >= 0.6 is 11.6 Å². The van der Waals surface area contributed by atoms with E-state index >= 15 is 0 Å². The Morgan fingerprint density at radius 1 is 0.380 bits per heavy atom. The minimum atomic E-state index is -4.60. The Hall–Kier alpha value is -14.6. The lowest BCUT2D eigenvalue weighted by molar-refractivity contribution is -0.139. The average Bonchev–Trinajstić information content (AvgIpc) is 0.795. The highest BCUT2D eigenvalue weighted by atomic mass is 35.5. The summed E-state index contributed by atoms with van der Waals surface area (Å²) in [5, 5.41) is 29.3. The van der Waals surface area contributed by atoms with Crippen LogP contribution in [0, 0.1) is 75.1 Å². The maximum atomic E-state index is 14.1. The quantitative estimate of drug-likeness (QED) is 0.0211. The SMILES string of the molecule is CB(O)N1CCN(c2ccc(CC(=O)c3ccc(C)c(C#Cc4cncc(C(=O)O)c4)c3)cc2C(F)(F)F)CC1.COC(=O)c1cncc(C#Cc2cc(C(=O)Cc3ccc(N4CCN(B(C)O)CC4)c(C(F)(F)F)c3)ccc2C)c1.Cc1ccc(C(=O)Cc2ccc(CN3CCN(C)CC3)c(C(F)(F)F)c2)cc1C#Cc1cccnc1.Cc1ccc(C(=O)Cc2ccc(Cl)cc2)cc1C#Cc1cccnc1. The number of Topliss-reactive ketones (excluding diaryl/α,β-unsaturated/α-hetero) is 4. The van der Waals surface area contributed by atoms with E-state index < -0.39 is 61.3 Å². The number of ketones is 4. The fourth-order valence-electron chi connectivity index (χ4n) is 15.7. The van der Waals surface area contributed by atoms with Gasteiger partial charge in [0.15, 0.2) is 23.1 Å². The van der Waals surface area contributed by atoms with Gasteiger partial charge in [-0.15, -0.1) is 0 Å². The summed E-state index contributed by atoms with van der Waals surface area (Å²) in [6.45, 7) is 17.3. The van der Waals surface area contributed by atoms with Gasteiger partial charge in [-0.1, -0.05) is 144 Å². The molecule has 3 saturated heterocycles. The van der Waals surface area contributed by atoms with E-state index in [1.54, 1.807) is 162 Å². The third-order valence-corrected chi connectivity index (χ3v) is 24.3. The number of anilines is 2. The van der Waals surface area contributed by atoms with Gasteiger partial charge in [0.2, 0.25) is 0 Å². The maximum absolute atomic E-state index is 14.1. The van der Waals surface area contributed by atoms with Crippen molar-refractivity contribution in [1.29, 1.82) is 0 Å². The summed E-state index contributed by atoms with van der Waals surface area (Å²) in [6, 6.07) is 50.7. The van der Waals surface area contributed by atoms with Crippen LogP contribution in [0.2, 0.25) is 18.7 Å². The minimum absolute atomic E-state index is 0.00119. The Morgan fingerprint density at radius 2 is 0.718 bits per heavy atom. The number of aromatic carboxylic acids is 1. The molecular weight excluding hydrogens is 1850 g/mol. The maximum Gasteiger partial charge on any atom is 0.418 e. The van der Waals surface area contributed by atoms with Crippen LogP contribution in [0.4, 0.5) is 50.9 Å². The van der Waals surface area contributed by atoms with Crippen molar-refractivity contribution in [2.24, 2.45) is 0 Å². The van der Waals surface area contributed by atoms with Crippen LogP contribution in [0.3, 0.4) is 0 Å². The molecule has 15 rings (SSSR count). The van der Waals surface area contributed by atoms with Crippen molar-refractivity contribution in [3.8, 4) is 47.4 Å². The second kappa shape index (κ2) is 49.0. The van der Waals surface area contributed by atoms with E-state index in [0.29, 0.717) is 119 Å². The highest BCUT2D eigenvalue weighted by Crippen LogP contribution is 2.41. The van der Waals surface area contributed by atoms with E-state index in [1.165, 1.54) is 56.2 Å². The third kappa shape index (κ3) is 30.4. The van der Waals surface area contributed by atoms with Crippen molar-refractivity contribution < 1.29 is 88.2 Å². The van der Waals surface area contributed by atoms with Crippen molar-refractivity contribution in [1.82, 2.24) is 39.4 Å². The van der Waals surface area contributed by atoms with Crippen molar-refractivity contribution in [2.45, 2.75) is 92.1 Å². The number of carbonyl (C=O) groups is 6. The number of ether oxygens (including phenoxy) is 1. The smallest absolute Gasteiger partial charge is 0.418 e. The van der Waals surface area contributed by atoms with Gasteiger partial charge >= 0.3 is 44.6 Å². The van der Waals surface area contributed by atoms with Gasteiger partial charge < -0.3 is 44.2 Å². The van der Waals surface area contributed by atoms with E-state index in [4.69, 9.17) is 21.4 Å². The third-order valence-electron chi connectivity index (χ3n) is 24.0. The molecule has 32 heteroatoms. The van der Waals surface area contributed by atoms with Crippen LogP contribution in [0.5, 0.6) is 0 Å². The summed E-state index contributed by atoms with van der Waals surface area (Å²) in [7, 11) is 1.96. The highest BCUT2D eigenvalue weighted by Gasteiger charge is 2.40. The number of esters is 1. The second-order valence-electron chi connectivity index (χ2n) is 34.4. The van der Waals surface area contributed by atoms with Gasteiger partial charge in [0.05, 0.1) is 34.9 Å². The zero-order chi connectivity index (χ0) is 102. The zero-order valence-electron chi connectivity index (χ0n) is 79.1. The molecule has 12 aromatic rings. The standard InChI is InChI=1S/C30H29BF3N3O4.C29H27BF3N3O4.C29H28F3N3O.C22H16ClNO/c1-20-4-7-24(17-23(20)8-5-22-14-25(19-35-18-22)29(39)41-3)28(38)16-21-6-9-27(26(15-21)30(32,33)34)36-10-12-37(13-11-36)31(2)40;1-19-3-6-23(16-22(19)7-4-21-13-24(28(38)39)18-34-17-21)27(37)15-20-5-8-26(25(14-20)29(31,32)33)35-9-11-36(12-10-35)30(2)40;1-21-5-8-25(18-24(21)9-6-22-4-3-11-33-19-22)28(36)17-23-7-10-26(27(16-23)29(30,31)32)20-35-14-12-34(2)13-15-35;1-16-4-8-20(22(25)13-17-6-10-21(23)11-7-17)14-19(16)9-5-18-3-2-12-24-15-18/h4,6-7,9,14-15,17-19,40H,10-13,16H2,1-3H3;3,5-6,8,13-14,16-18,40H,9-12,15H2,1-2H3,(H,38,39);3-5,7-8,10-11,16,18-19H,12-15,17,20H2,1-2H3;2-4,6-8,10-12,14-15H,13H2,1H3. The molecule has 0 bridgehead atoms. The van der Waals surface area contributed by atoms with Crippen LogP contribution < -0.4 is 9.80 Å². The van der Waals surface area contributed by atoms with E-state index in [9.17, 15) is 78.3 Å². The van der Waals surface area contributed by atoms with Gasteiger partial charge in [0.1, 0.15) is 0 Å².